The molecule has 19 heavy (non-hydrogen) atoms. The third kappa shape index (κ3) is 5.10. The van der Waals surface area contributed by atoms with Crippen molar-refractivity contribution in [2.24, 2.45) is 7.05 Å². The first kappa shape index (κ1) is 16.4. The monoisotopic (exact) mass is 309 g/mol. The zero-order valence-electron chi connectivity index (χ0n) is 11.4. The van der Waals surface area contributed by atoms with Gasteiger partial charge in [-0.05, 0) is 26.7 Å². The van der Waals surface area contributed by atoms with Crippen LogP contribution in [0.5, 0.6) is 0 Å². The summed E-state index contributed by atoms with van der Waals surface area (Å²) in [6.07, 6.45) is 3.07. The van der Waals surface area contributed by atoms with Gasteiger partial charge in [0.2, 0.25) is 5.03 Å². The van der Waals surface area contributed by atoms with Gasteiger partial charge in [-0.2, -0.15) is 0 Å². The Morgan fingerprint density at radius 1 is 1.47 bits per heavy atom. The molecular formula is C11H20ClN3O3S. The van der Waals surface area contributed by atoms with E-state index >= 15 is 0 Å². The number of hydrogen-bond donors (Lipinski definition) is 1. The maximum atomic E-state index is 11.9. The van der Waals surface area contributed by atoms with E-state index in [9.17, 15) is 8.42 Å². The molecule has 1 heterocycles. The van der Waals surface area contributed by atoms with E-state index in [1.807, 2.05) is 13.8 Å². The van der Waals surface area contributed by atoms with Crippen LogP contribution < -0.4 is 4.72 Å². The van der Waals surface area contributed by atoms with Crippen molar-refractivity contribution in [1.82, 2.24) is 14.3 Å². The number of aryl methyl sites for hydroxylation is 1. The summed E-state index contributed by atoms with van der Waals surface area (Å²) < 4.78 is 33.1. The summed E-state index contributed by atoms with van der Waals surface area (Å²) >= 11 is 5.85. The molecule has 1 rings (SSSR count). The summed E-state index contributed by atoms with van der Waals surface area (Å²) in [7, 11) is -1.99. The normalized spacial score (nSPS) is 12.3. The van der Waals surface area contributed by atoms with Crippen LogP contribution in [-0.4, -0.2) is 37.2 Å². The number of rotatable bonds is 8. The van der Waals surface area contributed by atoms with E-state index in [2.05, 4.69) is 9.71 Å². The summed E-state index contributed by atoms with van der Waals surface area (Å²) in [6.45, 7) is 4.90. The van der Waals surface area contributed by atoms with Crippen LogP contribution in [0, 0.1) is 0 Å². The van der Waals surface area contributed by atoms with Crippen LogP contribution in [0.3, 0.4) is 0 Å². The third-order valence-corrected chi connectivity index (χ3v) is 4.35. The van der Waals surface area contributed by atoms with E-state index in [0.717, 1.165) is 6.42 Å². The average Bonchev–Trinajstić information content (AvgIpc) is 2.65. The Bertz CT molecular complexity index is 499. The highest BCUT2D eigenvalue weighted by Gasteiger charge is 2.21. The van der Waals surface area contributed by atoms with Gasteiger partial charge in [-0.1, -0.05) is 11.6 Å². The van der Waals surface area contributed by atoms with Gasteiger partial charge in [0, 0.05) is 20.2 Å². The Morgan fingerprint density at radius 3 is 2.68 bits per heavy atom. The first-order valence-electron chi connectivity index (χ1n) is 6.12. The standard InChI is InChI=1S/C11H20ClN3O3S/c1-9(2)18-7-5-4-6-14-19(16,17)11-10(12)15(3)8-13-11/h8-9,14H,4-7H2,1-3H3. The molecule has 0 radical (unpaired) electrons. The molecule has 0 spiro atoms. The van der Waals surface area contributed by atoms with Gasteiger partial charge in [0.25, 0.3) is 10.0 Å². The largest absolute Gasteiger partial charge is 0.379 e. The number of sulfonamides is 1. The molecule has 0 saturated heterocycles. The maximum Gasteiger partial charge on any atom is 0.261 e. The fourth-order valence-corrected chi connectivity index (χ4v) is 2.89. The second-order valence-electron chi connectivity index (χ2n) is 4.48. The van der Waals surface area contributed by atoms with E-state index < -0.39 is 10.0 Å². The summed E-state index contributed by atoms with van der Waals surface area (Å²) in [5, 5.41) is -0.0225. The molecule has 0 unspecified atom stereocenters. The fourth-order valence-electron chi connectivity index (χ4n) is 1.40. The highest BCUT2D eigenvalue weighted by atomic mass is 35.5. The first-order valence-corrected chi connectivity index (χ1v) is 7.99. The van der Waals surface area contributed by atoms with Crippen LogP contribution in [0.4, 0.5) is 0 Å². The Hall–Kier alpha value is -0.630. The number of aromatic nitrogens is 2. The predicted molar refractivity (Wildman–Crippen MR) is 73.7 cm³/mol. The van der Waals surface area contributed by atoms with E-state index in [-0.39, 0.29) is 16.3 Å². The molecule has 8 heteroatoms. The number of halogens is 1. The molecule has 0 aliphatic carbocycles. The summed E-state index contributed by atoms with van der Waals surface area (Å²) in [5.41, 5.74) is 0. The Kier molecular flexibility index (Phi) is 6.25. The van der Waals surface area contributed by atoms with E-state index in [1.165, 1.54) is 10.9 Å². The lowest BCUT2D eigenvalue weighted by Gasteiger charge is -2.07. The minimum absolute atomic E-state index is 0.107. The molecule has 0 saturated carbocycles. The molecule has 0 aliphatic heterocycles. The van der Waals surface area contributed by atoms with E-state index in [0.29, 0.717) is 19.6 Å². The van der Waals surface area contributed by atoms with Gasteiger partial charge in [-0.25, -0.2) is 18.1 Å². The molecule has 0 amide bonds. The number of imidazole rings is 1. The van der Waals surface area contributed by atoms with Gasteiger partial charge in [0.1, 0.15) is 5.15 Å². The maximum absolute atomic E-state index is 11.9. The van der Waals surface area contributed by atoms with E-state index in [1.54, 1.807) is 7.05 Å². The molecule has 1 N–H and O–H groups in total. The minimum Gasteiger partial charge on any atom is -0.379 e. The fraction of sp³-hybridized carbons (Fsp3) is 0.727. The number of ether oxygens (including phenoxy) is 1. The molecule has 1 aromatic rings. The molecule has 0 aromatic carbocycles. The van der Waals surface area contributed by atoms with Crippen LogP contribution >= 0.6 is 11.6 Å². The van der Waals surface area contributed by atoms with Crippen LogP contribution in [0.25, 0.3) is 0 Å². The van der Waals surface area contributed by atoms with Crippen LogP contribution in [0.15, 0.2) is 11.4 Å². The SMILES string of the molecule is CC(C)OCCCCNS(=O)(=O)c1ncn(C)c1Cl. The smallest absolute Gasteiger partial charge is 0.261 e. The summed E-state index contributed by atoms with van der Waals surface area (Å²) in [5.74, 6) is 0. The lowest BCUT2D eigenvalue weighted by Crippen LogP contribution is -2.25. The molecule has 0 atom stereocenters. The van der Waals surface area contributed by atoms with Crippen LogP contribution in [0.2, 0.25) is 5.15 Å². The number of nitrogens with zero attached hydrogens (tertiary/aromatic N) is 2. The quantitative estimate of drug-likeness (QED) is 0.740. The summed E-state index contributed by atoms with van der Waals surface area (Å²) in [4.78, 5) is 3.78. The van der Waals surface area contributed by atoms with Gasteiger partial charge in [0.15, 0.2) is 0 Å². The average molecular weight is 310 g/mol. The highest BCUT2D eigenvalue weighted by molar-refractivity contribution is 7.89. The highest BCUT2D eigenvalue weighted by Crippen LogP contribution is 2.18. The van der Waals surface area contributed by atoms with Crippen molar-refractivity contribution in [3.05, 3.63) is 11.5 Å². The van der Waals surface area contributed by atoms with Crippen molar-refractivity contribution in [1.29, 1.82) is 0 Å². The van der Waals surface area contributed by atoms with Crippen molar-refractivity contribution in [3.8, 4) is 0 Å². The topological polar surface area (TPSA) is 73.2 Å². The van der Waals surface area contributed by atoms with Gasteiger partial charge in [-0.3, -0.25) is 0 Å². The van der Waals surface area contributed by atoms with Gasteiger partial charge in [-0.15, -0.1) is 0 Å². The van der Waals surface area contributed by atoms with Gasteiger partial charge >= 0.3 is 0 Å². The lowest BCUT2D eigenvalue weighted by molar-refractivity contribution is 0.0762. The minimum atomic E-state index is -3.63. The van der Waals surface area contributed by atoms with Crippen molar-refractivity contribution in [3.63, 3.8) is 0 Å². The Labute approximate surface area is 119 Å². The molecule has 110 valence electrons. The molecule has 0 bridgehead atoms. The molecular weight excluding hydrogens is 290 g/mol. The van der Waals surface area contributed by atoms with Gasteiger partial charge in [0.05, 0.1) is 12.4 Å². The van der Waals surface area contributed by atoms with Crippen LogP contribution in [0.1, 0.15) is 26.7 Å². The predicted octanol–water partition coefficient (Wildman–Crippen LogP) is 1.56. The van der Waals surface area contributed by atoms with Crippen molar-refractivity contribution in [2.45, 2.75) is 37.8 Å². The lowest BCUT2D eigenvalue weighted by atomic mass is 10.3. The second kappa shape index (κ2) is 7.23. The van der Waals surface area contributed by atoms with Crippen molar-refractivity contribution in [2.75, 3.05) is 13.2 Å². The Morgan fingerprint density at radius 2 is 2.16 bits per heavy atom. The number of unbranched alkanes of at least 4 members (excludes halogenated alkanes) is 1. The number of nitrogens with one attached hydrogen (secondary N) is 1. The first-order chi connectivity index (χ1) is 8.84. The second-order valence-corrected chi connectivity index (χ2v) is 6.52. The molecule has 0 aliphatic rings. The zero-order valence-corrected chi connectivity index (χ0v) is 13.0. The zero-order chi connectivity index (χ0) is 14.5. The Balaban J connectivity index is 2.38. The van der Waals surface area contributed by atoms with Crippen molar-refractivity contribution >= 4 is 21.6 Å². The van der Waals surface area contributed by atoms with Gasteiger partial charge < -0.3 is 9.30 Å². The summed E-state index contributed by atoms with van der Waals surface area (Å²) in [6, 6.07) is 0. The molecule has 1 aromatic heterocycles. The molecule has 0 fully saturated rings. The van der Waals surface area contributed by atoms with Crippen molar-refractivity contribution < 1.29 is 13.2 Å². The number of hydrogen-bond acceptors (Lipinski definition) is 4. The third-order valence-electron chi connectivity index (χ3n) is 2.40. The molecule has 6 nitrogen and oxygen atoms in total. The van der Waals surface area contributed by atoms with Crippen LogP contribution in [-0.2, 0) is 21.8 Å². The van der Waals surface area contributed by atoms with E-state index in [4.69, 9.17) is 16.3 Å².